The zero-order chi connectivity index (χ0) is 25.8. The smallest absolute Gasteiger partial charge is 0.295 e. The lowest BCUT2D eigenvalue weighted by Gasteiger charge is -2.29. The van der Waals surface area contributed by atoms with Crippen LogP contribution in [0.15, 0.2) is 46.4 Å². The number of benzene rings is 2. The number of phenols is 1. The molecule has 0 radical (unpaired) electrons. The minimum atomic E-state index is -0.868. The van der Waals surface area contributed by atoms with Crippen molar-refractivity contribution < 1.29 is 34.0 Å². The van der Waals surface area contributed by atoms with Gasteiger partial charge in [0.05, 0.1) is 44.6 Å². The number of aliphatic hydroxyl groups is 1. The standard InChI is InChI=1S/C26H29BrN2O7/c1-34-20-7-4-16(14-21(20)35-2)23-22(24(31)18-15-17(27)5-6-19(18)30)25(32)26(33)29(23)9-3-8-28-10-12-36-13-11-28/h4-7,14-15,23,30-31H,3,8-13H2,1-2H3. The van der Waals surface area contributed by atoms with E-state index in [1.54, 1.807) is 24.3 Å². The number of halogens is 1. The highest BCUT2D eigenvalue weighted by Crippen LogP contribution is 2.43. The molecule has 9 nitrogen and oxygen atoms in total. The minimum absolute atomic E-state index is 0.0566. The van der Waals surface area contributed by atoms with Gasteiger partial charge in [-0.15, -0.1) is 0 Å². The normalized spacial score (nSPS) is 20.1. The van der Waals surface area contributed by atoms with Crippen molar-refractivity contribution in [2.24, 2.45) is 0 Å². The van der Waals surface area contributed by atoms with E-state index in [4.69, 9.17) is 14.2 Å². The second-order valence-corrected chi connectivity index (χ2v) is 9.49. The lowest BCUT2D eigenvalue weighted by atomic mass is 9.94. The maximum absolute atomic E-state index is 13.3. The van der Waals surface area contributed by atoms with E-state index < -0.39 is 23.5 Å². The predicted molar refractivity (Wildman–Crippen MR) is 136 cm³/mol. The number of hydrogen-bond donors (Lipinski definition) is 2. The number of morpholine rings is 1. The Morgan fingerprint density at radius 2 is 1.78 bits per heavy atom. The molecule has 0 saturated carbocycles. The summed E-state index contributed by atoms with van der Waals surface area (Å²) >= 11 is 3.33. The summed E-state index contributed by atoms with van der Waals surface area (Å²) in [4.78, 5) is 30.2. The number of aliphatic hydroxyl groups excluding tert-OH is 1. The van der Waals surface area contributed by atoms with Gasteiger partial charge in [-0.1, -0.05) is 22.0 Å². The van der Waals surface area contributed by atoms with Crippen LogP contribution in [0, 0.1) is 0 Å². The summed E-state index contributed by atoms with van der Waals surface area (Å²) in [6, 6.07) is 8.78. The van der Waals surface area contributed by atoms with Crippen molar-refractivity contribution in [3.63, 3.8) is 0 Å². The van der Waals surface area contributed by atoms with Crippen molar-refractivity contribution in [1.82, 2.24) is 9.80 Å². The Morgan fingerprint density at radius 1 is 1.06 bits per heavy atom. The maximum atomic E-state index is 13.3. The molecule has 10 heteroatoms. The summed E-state index contributed by atoms with van der Waals surface area (Å²) in [6.07, 6.45) is 0.638. The number of likely N-dealkylation sites (tertiary alicyclic amines) is 1. The molecule has 36 heavy (non-hydrogen) atoms. The van der Waals surface area contributed by atoms with Crippen LogP contribution >= 0.6 is 15.9 Å². The highest BCUT2D eigenvalue weighted by atomic mass is 79.9. The largest absolute Gasteiger partial charge is 0.507 e. The number of Topliss-reactive ketones (excluding diaryl/α,β-unsaturated/α-hetero) is 1. The van der Waals surface area contributed by atoms with Crippen LogP contribution in [0.25, 0.3) is 5.76 Å². The van der Waals surface area contributed by atoms with Crippen LogP contribution in [0.2, 0.25) is 0 Å². The number of methoxy groups -OCH3 is 2. The first-order valence-corrected chi connectivity index (χ1v) is 12.4. The van der Waals surface area contributed by atoms with Crippen LogP contribution in [0.4, 0.5) is 0 Å². The topological polar surface area (TPSA) is 109 Å². The van der Waals surface area contributed by atoms with Crippen molar-refractivity contribution in [1.29, 1.82) is 0 Å². The highest BCUT2D eigenvalue weighted by Gasteiger charge is 2.46. The molecule has 2 heterocycles. The fourth-order valence-electron chi connectivity index (χ4n) is 4.61. The molecular weight excluding hydrogens is 532 g/mol. The lowest BCUT2D eigenvalue weighted by molar-refractivity contribution is -0.140. The van der Waals surface area contributed by atoms with E-state index in [1.165, 1.54) is 31.3 Å². The molecule has 1 amide bonds. The number of carbonyl (C=O) groups is 2. The van der Waals surface area contributed by atoms with Gasteiger partial charge in [0.2, 0.25) is 0 Å². The van der Waals surface area contributed by atoms with Gasteiger partial charge < -0.3 is 29.3 Å². The van der Waals surface area contributed by atoms with Gasteiger partial charge in [-0.2, -0.15) is 0 Å². The van der Waals surface area contributed by atoms with Crippen molar-refractivity contribution in [3.05, 3.63) is 57.6 Å². The van der Waals surface area contributed by atoms with E-state index in [9.17, 15) is 19.8 Å². The number of carbonyl (C=O) groups excluding carboxylic acids is 2. The molecular formula is C26H29BrN2O7. The Balaban J connectivity index is 1.75. The molecule has 2 aliphatic rings. The Hall–Kier alpha value is -3.08. The summed E-state index contributed by atoms with van der Waals surface area (Å²) in [5.41, 5.74) is 0.544. The number of rotatable bonds is 8. The molecule has 1 unspecified atom stereocenters. The third kappa shape index (κ3) is 5.21. The summed E-state index contributed by atoms with van der Waals surface area (Å²) < 4.78 is 16.8. The minimum Gasteiger partial charge on any atom is -0.507 e. The van der Waals surface area contributed by atoms with E-state index in [2.05, 4.69) is 20.8 Å². The quantitative estimate of drug-likeness (QED) is 0.287. The van der Waals surface area contributed by atoms with Gasteiger partial charge in [-0.05, 0) is 42.3 Å². The van der Waals surface area contributed by atoms with E-state index in [0.29, 0.717) is 47.7 Å². The van der Waals surface area contributed by atoms with Crippen molar-refractivity contribution in [3.8, 4) is 17.2 Å². The first kappa shape index (κ1) is 26.0. The van der Waals surface area contributed by atoms with Gasteiger partial charge >= 0.3 is 0 Å². The van der Waals surface area contributed by atoms with Gasteiger partial charge in [0, 0.05) is 30.7 Å². The van der Waals surface area contributed by atoms with E-state index in [1.807, 2.05) is 0 Å². The van der Waals surface area contributed by atoms with Gasteiger partial charge in [0.1, 0.15) is 11.5 Å². The maximum Gasteiger partial charge on any atom is 0.295 e. The Labute approximate surface area is 218 Å². The first-order valence-electron chi connectivity index (χ1n) is 11.6. The average molecular weight is 561 g/mol. The lowest BCUT2D eigenvalue weighted by Crippen LogP contribution is -2.39. The summed E-state index contributed by atoms with van der Waals surface area (Å²) in [6.45, 7) is 4.04. The van der Waals surface area contributed by atoms with Crippen molar-refractivity contribution >= 4 is 33.4 Å². The van der Waals surface area contributed by atoms with Crippen LogP contribution in [0.3, 0.4) is 0 Å². The second-order valence-electron chi connectivity index (χ2n) is 8.58. The van der Waals surface area contributed by atoms with Crippen LogP contribution in [0.5, 0.6) is 17.2 Å². The SMILES string of the molecule is COc1ccc(C2C(=C(O)c3cc(Br)ccc3O)C(=O)C(=O)N2CCCN2CCOCC2)cc1OC. The van der Waals surface area contributed by atoms with Crippen LogP contribution in [0.1, 0.15) is 23.6 Å². The third-order valence-electron chi connectivity index (χ3n) is 6.45. The number of hydrogen-bond acceptors (Lipinski definition) is 8. The van der Waals surface area contributed by atoms with Gasteiger partial charge in [-0.25, -0.2) is 0 Å². The number of ketones is 1. The summed E-state index contributed by atoms with van der Waals surface area (Å²) in [5, 5.41) is 21.6. The number of aromatic hydroxyl groups is 1. The highest BCUT2D eigenvalue weighted by molar-refractivity contribution is 9.10. The molecule has 2 N–H and O–H groups in total. The number of ether oxygens (including phenoxy) is 3. The molecule has 1 atom stereocenters. The molecule has 2 aliphatic heterocycles. The molecule has 192 valence electrons. The van der Waals surface area contributed by atoms with Gasteiger partial charge in [0.25, 0.3) is 11.7 Å². The number of amides is 1. The average Bonchev–Trinajstić information content (AvgIpc) is 3.15. The van der Waals surface area contributed by atoms with Crippen LogP contribution in [-0.2, 0) is 14.3 Å². The predicted octanol–water partition coefficient (Wildman–Crippen LogP) is 3.32. The Kier molecular flexibility index (Phi) is 8.17. The molecule has 2 fully saturated rings. The van der Waals surface area contributed by atoms with E-state index in [-0.39, 0.29) is 16.9 Å². The molecule has 0 bridgehead atoms. The Morgan fingerprint density at radius 3 is 2.47 bits per heavy atom. The van der Waals surface area contributed by atoms with E-state index >= 15 is 0 Å². The molecule has 0 aromatic heterocycles. The molecule has 2 aromatic carbocycles. The molecule has 2 aromatic rings. The fourth-order valence-corrected chi connectivity index (χ4v) is 4.97. The van der Waals surface area contributed by atoms with Gasteiger partial charge in [-0.3, -0.25) is 14.5 Å². The summed E-state index contributed by atoms with van der Waals surface area (Å²) in [5.74, 6) is -1.23. The molecule has 4 rings (SSSR count). The summed E-state index contributed by atoms with van der Waals surface area (Å²) in [7, 11) is 3.02. The second kappa shape index (κ2) is 11.3. The van der Waals surface area contributed by atoms with Crippen molar-refractivity contribution in [2.75, 3.05) is 53.6 Å². The number of nitrogens with zero attached hydrogens (tertiary/aromatic N) is 2. The monoisotopic (exact) mass is 560 g/mol. The van der Waals surface area contributed by atoms with Crippen LogP contribution < -0.4 is 9.47 Å². The zero-order valence-electron chi connectivity index (χ0n) is 20.2. The Bertz CT molecular complexity index is 1180. The zero-order valence-corrected chi connectivity index (χ0v) is 21.8. The third-order valence-corrected chi connectivity index (χ3v) is 6.95. The fraction of sp³-hybridized carbons (Fsp3) is 0.385. The van der Waals surface area contributed by atoms with Crippen molar-refractivity contribution in [2.45, 2.75) is 12.5 Å². The van der Waals surface area contributed by atoms with Crippen LogP contribution in [-0.4, -0.2) is 85.3 Å². The first-order chi connectivity index (χ1) is 17.3. The molecule has 2 saturated heterocycles. The van der Waals surface area contributed by atoms with E-state index in [0.717, 1.165) is 19.6 Å². The molecule has 0 aliphatic carbocycles. The van der Waals surface area contributed by atoms with Gasteiger partial charge in [0.15, 0.2) is 11.5 Å². The number of phenolic OH excluding ortho intramolecular Hbond substituents is 1. The molecule has 0 spiro atoms.